The molecule has 2 fully saturated rings. The van der Waals surface area contributed by atoms with E-state index in [2.05, 4.69) is 27.2 Å². The minimum Gasteiger partial charge on any atom is -0.349 e. The molecule has 1 saturated heterocycles. The molecule has 0 bridgehead atoms. The quantitative estimate of drug-likeness (QED) is 0.527. The number of anilines is 1. The van der Waals surface area contributed by atoms with Gasteiger partial charge in [0.2, 0.25) is 5.91 Å². The van der Waals surface area contributed by atoms with Gasteiger partial charge in [-0.2, -0.15) is 5.10 Å². The molecule has 1 aliphatic heterocycles. The van der Waals surface area contributed by atoms with E-state index in [1.54, 1.807) is 21.7 Å². The van der Waals surface area contributed by atoms with Crippen LogP contribution >= 0.6 is 11.6 Å². The number of hydrogen-bond donors (Lipinski definition) is 1. The highest BCUT2D eigenvalue weighted by Crippen LogP contribution is 2.47. The van der Waals surface area contributed by atoms with Gasteiger partial charge in [0.05, 0.1) is 22.3 Å². The van der Waals surface area contributed by atoms with Crippen LogP contribution in [0.4, 0.5) is 10.1 Å². The molecule has 1 spiro atoms. The first-order valence-electron chi connectivity index (χ1n) is 12.7. The molecule has 0 unspecified atom stereocenters. The van der Waals surface area contributed by atoms with Gasteiger partial charge in [-0.25, -0.2) is 13.9 Å². The van der Waals surface area contributed by atoms with Gasteiger partial charge < -0.3 is 15.1 Å². The lowest BCUT2D eigenvalue weighted by molar-refractivity contribution is -0.127. The lowest BCUT2D eigenvalue weighted by atomic mass is 9.71. The van der Waals surface area contributed by atoms with E-state index < -0.39 is 11.2 Å². The molecular weight excluding hydrogens is 495 g/mol. The fourth-order valence-corrected chi connectivity index (χ4v) is 5.97. The molecule has 1 aliphatic carbocycles. The second-order valence-corrected chi connectivity index (χ2v) is 11.0. The Morgan fingerprint density at radius 1 is 1.24 bits per heavy atom. The van der Waals surface area contributed by atoms with Crippen molar-refractivity contribution in [1.82, 2.24) is 24.8 Å². The Morgan fingerprint density at radius 2 is 1.97 bits per heavy atom. The van der Waals surface area contributed by atoms with Crippen molar-refractivity contribution in [2.24, 2.45) is 5.41 Å². The maximum Gasteiger partial charge on any atom is 0.256 e. The molecule has 1 N–H and O–H groups in total. The zero-order valence-corrected chi connectivity index (χ0v) is 22.3. The van der Waals surface area contributed by atoms with Crippen LogP contribution in [0.5, 0.6) is 0 Å². The summed E-state index contributed by atoms with van der Waals surface area (Å²) in [5.41, 5.74) is 3.09. The number of aromatic nitrogens is 3. The second kappa shape index (κ2) is 9.68. The SMILES string of the molecule is Cc1c([C@@H](C)N(C)C)cnc2c(C(=O)NC3CCC4(CC3)CCN(c3ccc(F)cc3Cl)C4=O)cnn12. The zero-order valence-electron chi connectivity index (χ0n) is 21.6. The Balaban J connectivity index is 1.25. The standard InChI is InChI=1S/C27H32ClFN6O2/c1-16(33(3)4)20-14-30-24-21(15-31-35(24)17(20)2)25(36)32-19-7-9-27(10-8-19)11-12-34(26(27)37)23-6-5-18(29)13-22(23)28/h5-6,13-16,19H,7-12H2,1-4H3,(H,32,36)/t16-,19?,27?/m1/s1. The van der Waals surface area contributed by atoms with Gasteiger partial charge in [0, 0.05) is 36.1 Å². The number of hydrogen-bond acceptors (Lipinski definition) is 5. The molecule has 5 rings (SSSR count). The van der Waals surface area contributed by atoms with Crippen LogP contribution < -0.4 is 10.2 Å². The van der Waals surface area contributed by atoms with Gasteiger partial charge in [-0.3, -0.25) is 9.59 Å². The molecule has 1 atom stereocenters. The first-order chi connectivity index (χ1) is 17.6. The van der Waals surface area contributed by atoms with Gasteiger partial charge in [0.25, 0.3) is 5.91 Å². The van der Waals surface area contributed by atoms with Crippen LogP contribution in [-0.4, -0.2) is 58.0 Å². The Hall–Kier alpha value is -3.04. The molecule has 3 aromatic rings. The van der Waals surface area contributed by atoms with E-state index in [9.17, 15) is 14.0 Å². The first-order valence-corrected chi connectivity index (χ1v) is 13.1. The van der Waals surface area contributed by atoms with Crippen LogP contribution in [0.25, 0.3) is 5.65 Å². The lowest BCUT2D eigenvalue weighted by Gasteiger charge is -2.36. The third kappa shape index (κ3) is 4.48. The van der Waals surface area contributed by atoms with Crippen molar-refractivity contribution in [2.75, 3.05) is 25.5 Å². The van der Waals surface area contributed by atoms with Crippen molar-refractivity contribution >= 4 is 34.7 Å². The Bertz CT molecular complexity index is 1360. The summed E-state index contributed by atoms with van der Waals surface area (Å²) in [5.74, 6) is -0.587. The molecule has 37 heavy (non-hydrogen) atoms. The van der Waals surface area contributed by atoms with Crippen molar-refractivity contribution in [1.29, 1.82) is 0 Å². The average molecular weight is 527 g/mol. The summed E-state index contributed by atoms with van der Waals surface area (Å²) >= 11 is 6.23. The van der Waals surface area contributed by atoms with Crippen LogP contribution in [0.15, 0.2) is 30.6 Å². The fraction of sp³-hybridized carbons (Fsp3) is 0.481. The summed E-state index contributed by atoms with van der Waals surface area (Å²) in [7, 11) is 4.03. The smallest absolute Gasteiger partial charge is 0.256 e. The van der Waals surface area contributed by atoms with Gasteiger partial charge in [0.1, 0.15) is 11.4 Å². The Kier molecular flexibility index (Phi) is 6.70. The molecule has 2 aliphatic rings. The summed E-state index contributed by atoms with van der Waals surface area (Å²) in [6, 6.07) is 4.27. The number of rotatable bonds is 5. The molecular formula is C27H32ClFN6O2. The number of amides is 2. The summed E-state index contributed by atoms with van der Waals surface area (Å²) in [4.78, 5) is 34.9. The van der Waals surface area contributed by atoms with Gasteiger partial charge in [-0.05, 0) is 78.2 Å². The number of nitrogens with zero attached hydrogens (tertiary/aromatic N) is 5. The number of carbonyl (C=O) groups is 2. The predicted octanol–water partition coefficient (Wildman–Crippen LogP) is 4.55. The molecule has 2 amide bonds. The van der Waals surface area contributed by atoms with E-state index in [0.29, 0.717) is 49.1 Å². The van der Waals surface area contributed by atoms with Gasteiger partial charge in [0.15, 0.2) is 5.65 Å². The minimum absolute atomic E-state index is 0.0292. The van der Waals surface area contributed by atoms with E-state index in [1.807, 2.05) is 27.2 Å². The number of halogens is 2. The number of nitrogens with one attached hydrogen (secondary N) is 1. The van der Waals surface area contributed by atoms with E-state index in [1.165, 1.54) is 12.1 Å². The molecule has 196 valence electrons. The molecule has 1 saturated carbocycles. The summed E-state index contributed by atoms with van der Waals surface area (Å²) in [6.45, 7) is 4.65. The highest BCUT2D eigenvalue weighted by Gasteiger charge is 2.49. The van der Waals surface area contributed by atoms with Crippen molar-refractivity contribution in [3.63, 3.8) is 0 Å². The van der Waals surface area contributed by atoms with Gasteiger partial charge in [-0.1, -0.05) is 11.6 Å². The topological polar surface area (TPSA) is 82.8 Å². The monoisotopic (exact) mass is 526 g/mol. The third-order valence-electron chi connectivity index (χ3n) is 8.27. The molecule has 2 aromatic heterocycles. The number of carbonyl (C=O) groups excluding carboxylic acids is 2. The van der Waals surface area contributed by atoms with Crippen LogP contribution in [0, 0.1) is 18.2 Å². The largest absolute Gasteiger partial charge is 0.349 e. The molecule has 8 nitrogen and oxygen atoms in total. The highest BCUT2D eigenvalue weighted by molar-refractivity contribution is 6.34. The van der Waals surface area contributed by atoms with Crippen LogP contribution in [-0.2, 0) is 4.79 Å². The summed E-state index contributed by atoms with van der Waals surface area (Å²) < 4.78 is 15.2. The zero-order chi connectivity index (χ0) is 26.5. The van der Waals surface area contributed by atoms with Crippen molar-refractivity contribution in [3.8, 4) is 0 Å². The van der Waals surface area contributed by atoms with Crippen LogP contribution in [0.3, 0.4) is 0 Å². The summed E-state index contributed by atoms with van der Waals surface area (Å²) in [5, 5.41) is 7.82. The van der Waals surface area contributed by atoms with Gasteiger partial charge >= 0.3 is 0 Å². The predicted molar refractivity (Wildman–Crippen MR) is 140 cm³/mol. The average Bonchev–Trinajstić information content (AvgIpc) is 3.43. The highest BCUT2D eigenvalue weighted by atomic mass is 35.5. The van der Waals surface area contributed by atoms with E-state index >= 15 is 0 Å². The van der Waals surface area contributed by atoms with E-state index in [0.717, 1.165) is 17.7 Å². The third-order valence-corrected chi connectivity index (χ3v) is 8.57. The molecule has 1 aromatic carbocycles. The molecule has 0 radical (unpaired) electrons. The maximum absolute atomic E-state index is 13.5. The normalized spacial score (nSPS) is 22.8. The van der Waals surface area contributed by atoms with E-state index in [4.69, 9.17) is 11.6 Å². The maximum atomic E-state index is 13.5. The number of benzene rings is 1. The van der Waals surface area contributed by atoms with Gasteiger partial charge in [-0.15, -0.1) is 0 Å². The fourth-order valence-electron chi connectivity index (χ4n) is 5.70. The number of aryl methyl sites for hydroxylation is 1. The summed E-state index contributed by atoms with van der Waals surface area (Å²) in [6.07, 6.45) is 6.91. The van der Waals surface area contributed by atoms with Crippen LogP contribution in [0.1, 0.15) is 66.7 Å². The van der Waals surface area contributed by atoms with Crippen LogP contribution in [0.2, 0.25) is 5.02 Å². The van der Waals surface area contributed by atoms with E-state index in [-0.39, 0.29) is 28.9 Å². The van der Waals surface area contributed by atoms with Crippen molar-refractivity contribution < 1.29 is 14.0 Å². The molecule has 3 heterocycles. The lowest BCUT2D eigenvalue weighted by Crippen LogP contribution is -2.44. The van der Waals surface area contributed by atoms with Crippen molar-refractivity contribution in [2.45, 2.75) is 58.0 Å². The Morgan fingerprint density at radius 3 is 2.65 bits per heavy atom. The minimum atomic E-state index is -0.457. The first kappa shape index (κ1) is 25.6. The Labute approximate surface area is 220 Å². The number of fused-ring (bicyclic) bond motifs is 1. The molecule has 10 heteroatoms. The second-order valence-electron chi connectivity index (χ2n) is 10.6. The van der Waals surface area contributed by atoms with Crippen molar-refractivity contribution in [3.05, 3.63) is 58.3 Å².